The Morgan fingerprint density at radius 3 is 2.77 bits per heavy atom. The van der Waals surface area contributed by atoms with Gasteiger partial charge in [0.15, 0.2) is 0 Å². The Kier molecular flexibility index (Phi) is 3.11. The van der Waals surface area contributed by atoms with Gasteiger partial charge >= 0.3 is 5.97 Å². The topological polar surface area (TPSA) is 38.3 Å². The lowest BCUT2D eigenvalue weighted by atomic mass is 10.3. The largest absolute Gasteiger partial charge is 0.461 e. The second kappa shape index (κ2) is 4.33. The van der Waals surface area contributed by atoms with E-state index in [0.717, 1.165) is 24.5 Å². The van der Waals surface area contributed by atoms with Crippen LogP contribution in [0.3, 0.4) is 0 Å². The second-order valence-electron chi connectivity index (χ2n) is 3.62. The van der Waals surface area contributed by atoms with E-state index in [1.807, 2.05) is 0 Å². The number of hydrogen-bond acceptors (Lipinski definition) is 4. The Bertz CT molecular complexity index is 186. The van der Waals surface area contributed by atoms with Gasteiger partial charge in [0.25, 0.3) is 0 Å². The van der Waals surface area contributed by atoms with Gasteiger partial charge in [0.1, 0.15) is 12.1 Å². The molecule has 0 aromatic carbocycles. The molecule has 2 fully saturated rings. The van der Waals surface area contributed by atoms with Crippen LogP contribution in [0.5, 0.6) is 0 Å². The van der Waals surface area contributed by atoms with Crippen LogP contribution >= 0.6 is 11.8 Å². The maximum atomic E-state index is 11.5. The van der Waals surface area contributed by atoms with Crippen LogP contribution in [-0.2, 0) is 9.53 Å². The van der Waals surface area contributed by atoms with E-state index in [1.165, 1.54) is 12.8 Å². The molecule has 1 N–H and O–H groups in total. The number of hydrogen-bond donors (Lipinski definition) is 1. The molecule has 0 aromatic rings. The molecule has 1 aliphatic carbocycles. The first-order chi connectivity index (χ1) is 6.36. The van der Waals surface area contributed by atoms with Crippen molar-refractivity contribution in [3.63, 3.8) is 0 Å². The number of esters is 1. The fourth-order valence-corrected chi connectivity index (χ4v) is 2.73. The van der Waals surface area contributed by atoms with Crippen LogP contribution in [0.2, 0.25) is 0 Å². The number of carbonyl (C=O) groups excluding carboxylic acids is 1. The standard InChI is InChI=1S/C9H15NO2S/c11-9(8-5-13-6-10-8)12-7-3-1-2-4-7/h7-8,10H,1-6H2/t8-/m0/s1. The Balaban J connectivity index is 1.76. The van der Waals surface area contributed by atoms with E-state index >= 15 is 0 Å². The van der Waals surface area contributed by atoms with E-state index < -0.39 is 0 Å². The summed E-state index contributed by atoms with van der Waals surface area (Å²) in [4.78, 5) is 11.5. The number of ether oxygens (including phenoxy) is 1. The van der Waals surface area contributed by atoms with Crippen molar-refractivity contribution in [3.05, 3.63) is 0 Å². The van der Waals surface area contributed by atoms with Gasteiger partial charge in [-0.25, -0.2) is 0 Å². The molecule has 2 aliphatic rings. The predicted octanol–water partition coefficient (Wildman–Crippen LogP) is 1.13. The van der Waals surface area contributed by atoms with Gasteiger partial charge in [-0.2, -0.15) is 0 Å². The molecule has 1 aliphatic heterocycles. The summed E-state index contributed by atoms with van der Waals surface area (Å²) < 4.78 is 5.38. The number of carbonyl (C=O) groups is 1. The quantitative estimate of drug-likeness (QED) is 0.680. The SMILES string of the molecule is O=C(OC1CCCC1)[C@@H]1CSCN1. The molecule has 0 aromatic heterocycles. The normalized spacial score (nSPS) is 29.4. The third kappa shape index (κ3) is 2.38. The van der Waals surface area contributed by atoms with Crippen molar-refractivity contribution in [2.75, 3.05) is 11.6 Å². The molecular formula is C9H15NO2S. The highest BCUT2D eigenvalue weighted by Gasteiger charge is 2.27. The summed E-state index contributed by atoms with van der Waals surface area (Å²) in [7, 11) is 0. The average Bonchev–Trinajstić information content (AvgIpc) is 2.74. The summed E-state index contributed by atoms with van der Waals surface area (Å²) in [5.74, 6) is 1.70. The van der Waals surface area contributed by atoms with Crippen molar-refractivity contribution in [1.29, 1.82) is 0 Å². The molecule has 0 radical (unpaired) electrons. The van der Waals surface area contributed by atoms with Gasteiger partial charge in [0, 0.05) is 11.6 Å². The smallest absolute Gasteiger partial charge is 0.324 e. The highest BCUT2D eigenvalue weighted by atomic mass is 32.2. The van der Waals surface area contributed by atoms with Gasteiger partial charge in [0.05, 0.1) is 0 Å². The molecule has 0 amide bonds. The Morgan fingerprint density at radius 1 is 1.38 bits per heavy atom. The van der Waals surface area contributed by atoms with Crippen LogP contribution in [0.4, 0.5) is 0 Å². The number of rotatable bonds is 2. The maximum absolute atomic E-state index is 11.5. The molecule has 13 heavy (non-hydrogen) atoms. The highest BCUT2D eigenvalue weighted by Crippen LogP contribution is 2.22. The van der Waals surface area contributed by atoms with Gasteiger partial charge in [-0.3, -0.25) is 10.1 Å². The van der Waals surface area contributed by atoms with Gasteiger partial charge in [0.2, 0.25) is 0 Å². The summed E-state index contributed by atoms with van der Waals surface area (Å²) in [5, 5.41) is 3.12. The third-order valence-electron chi connectivity index (χ3n) is 2.59. The first kappa shape index (κ1) is 9.34. The van der Waals surface area contributed by atoms with Gasteiger partial charge < -0.3 is 4.74 Å². The Hall–Kier alpha value is -0.220. The van der Waals surface area contributed by atoms with E-state index in [1.54, 1.807) is 11.8 Å². The minimum Gasteiger partial charge on any atom is -0.461 e. The fraction of sp³-hybridized carbons (Fsp3) is 0.889. The molecule has 1 saturated carbocycles. The molecule has 3 nitrogen and oxygen atoms in total. The van der Waals surface area contributed by atoms with Crippen molar-refractivity contribution in [2.24, 2.45) is 0 Å². The molecule has 0 spiro atoms. The lowest BCUT2D eigenvalue weighted by Crippen LogP contribution is -2.36. The van der Waals surface area contributed by atoms with E-state index in [2.05, 4.69) is 5.32 Å². The fourth-order valence-electron chi connectivity index (χ4n) is 1.80. The third-order valence-corrected chi connectivity index (χ3v) is 3.53. The van der Waals surface area contributed by atoms with E-state index in [0.29, 0.717) is 0 Å². The summed E-state index contributed by atoms with van der Waals surface area (Å²) in [6.45, 7) is 0. The van der Waals surface area contributed by atoms with Gasteiger partial charge in [-0.15, -0.1) is 11.8 Å². The number of nitrogens with one attached hydrogen (secondary N) is 1. The molecule has 1 atom stereocenters. The van der Waals surface area contributed by atoms with Crippen LogP contribution in [0.1, 0.15) is 25.7 Å². The zero-order valence-electron chi connectivity index (χ0n) is 7.62. The molecule has 2 rings (SSSR count). The Morgan fingerprint density at radius 2 is 2.15 bits per heavy atom. The first-order valence-electron chi connectivity index (χ1n) is 4.88. The molecule has 74 valence electrons. The minimum absolute atomic E-state index is 0.0445. The van der Waals surface area contributed by atoms with Crippen molar-refractivity contribution >= 4 is 17.7 Å². The molecule has 4 heteroatoms. The Labute approximate surface area is 82.6 Å². The maximum Gasteiger partial charge on any atom is 0.324 e. The molecular weight excluding hydrogens is 186 g/mol. The van der Waals surface area contributed by atoms with Crippen LogP contribution in [-0.4, -0.2) is 29.7 Å². The van der Waals surface area contributed by atoms with Crippen molar-refractivity contribution < 1.29 is 9.53 Å². The monoisotopic (exact) mass is 201 g/mol. The van der Waals surface area contributed by atoms with E-state index in [9.17, 15) is 4.79 Å². The van der Waals surface area contributed by atoms with Crippen LogP contribution < -0.4 is 5.32 Å². The van der Waals surface area contributed by atoms with Gasteiger partial charge in [-0.1, -0.05) is 0 Å². The molecule has 1 saturated heterocycles. The zero-order valence-corrected chi connectivity index (χ0v) is 8.44. The highest BCUT2D eigenvalue weighted by molar-refractivity contribution is 7.99. The molecule has 0 bridgehead atoms. The first-order valence-corrected chi connectivity index (χ1v) is 6.03. The second-order valence-corrected chi connectivity index (χ2v) is 4.65. The van der Waals surface area contributed by atoms with Crippen molar-refractivity contribution in [3.8, 4) is 0 Å². The predicted molar refractivity (Wildman–Crippen MR) is 52.6 cm³/mol. The molecule has 0 unspecified atom stereocenters. The zero-order chi connectivity index (χ0) is 9.10. The minimum atomic E-state index is -0.0504. The number of thioether (sulfide) groups is 1. The van der Waals surface area contributed by atoms with Gasteiger partial charge in [-0.05, 0) is 25.7 Å². The lowest BCUT2D eigenvalue weighted by Gasteiger charge is -2.14. The van der Waals surface area contributed by atoms with E-state index in [-0.39, 0.29) is 18.1 Å². The van der Waals surface area contributed by atoms with Crippen molar-refractivity contribution in [1.82, 2.24) is 5.32 Å². The summed E-state index contributed by atoms with van der Waals surface area (Å²) in [6, 6.07) is -0.0504. The van der Waals surface area contributed by atoms with Crippen molar-refractivity contribution in [2.45, 2.75) is 37.8 Å². The molecule has 1 heterocycles. The van der Waals surface area contributed by atoms with E-state index in [4.69, 9.17) is 4.74 Å². The summed E-state index contributed by atoms with van der Waals surface area (Å²) >= 11 is 1.76. The van der Waals surface area contributed by atoms with Crippen LogP contribution in [0, 0.1) is 0 Å². The van der Waals surface area contributed by atoms with Crippen LogP contribution in [0.25, 0.3) is 0 Å². The summed E-state index contributed by atoms with van der Waals surface area (Å²) in [6.07, 6.45) is 4.76. The van der Waals surface area contributed by atoms with Crippen LogP contribution in [0.15, 0.2) is 0 Å². The lowest BCUT2D eigenvalue weighted by molar-refractivity contribution is -0.150. The average molecular weight is 201 g/mol. The summed E-state index contributed by atoms with van der Waals surface area (Å²) in [5.41, 5.74) is 0.